The van der Waals surface area contributed by atoms with E-state index in [1.807, 2.05) is 24.3 Å². The molecule has 0 aliphatic heterocycles. The molecule has 4 heteroatoms. The number of rotatable bonds is 3. The molecule has 0 atom stereocenters. The predicted molar refractivity (Wildman–Crippen MR) is 73.7 cm³/mol. The highest BCUT2D eigenvalue weighted by atomic mass is 16.1. The fourth-order valence-electron chi connectivity index (χ4n) is 2.26. The highest BCUT2D eigenvalue weighted by Gasteiger charge is 2.15. The predicted octanol–water partition coefficient (Wildman–Crippen LogP) is 2.76. The lowest BCUT2D eigenvalue weighted by Gasteiger charge is -2.01. The van der Waals surface area contributed by atoms with Crippen molar-refractivity contribution >= 4 is 16.7 Å². The van der Waals surface area contributed by atoms with Crippen LogP contribution in [0.25, 0.3) is 22.3 Å². The molecule has 0 bridgehead atoms. The summed E-state index contributed by atoms with van der Waals surface area (Å²) in [5.74, 6) is 0.764. The number of Topliss-reactive ketones (excluding diaryl/α,β-unsaturated/α-hetero) is 1. The number of aromatic nitrogens is 3. The van der Waals surface area contributed by atoms with Gasteiger partial charge in [0.05, 0.1) is 0 Å². The van der Waals surface area contributed by atoms with Gasteiger partial charge in [0.15, 0.2) is 5.82 Å². The van der Waals surface area contributed by atoms with Crippen LogP contribution in [0, 0.1) is 0 Å². The minimum absolute atomic E-state index is 0.115. The summed E-state index contributed by atoms with van der Waals surface area (Å²) in [6.45, 7) is 1.58. The zero-order chi connectivity index (χ0) is 13.2. The highest BCUT2D eigenvalue weighted by molar-refractivity contribution is 5.97. The van der Waals surface area contributed by atoms with Crippen LogP contribution in [0.3, 0.4) is 0 Å². The Morgan fingerprint density at radius 1 is 1.16 bits per heavy atom. The minimum atomic E-state index is 0.115. The van der Waals surface area contributed by atoms with Gasteiger partial charge in [-0.2, -0.15) is 0 Å². The maximum Gasteiger partial charge on any atom is 0.161 e. The van der Waals surface area contributed by atoms with Crippen molar-refractivity contribution in [2.24, 2.45) is 0 Å². The molecule has 1 aromatic carbocycles. The standard InChI is InChI=1S/C15H13N3O/c1-10(19)9-13-14(15-16-7-4-8-17-15)11-5-2-3-6-12(11)18-13/h2-8,18H,9H2,1H3. The summed E-state index contributed by atoms with van der Waals surface area (Å²) >= 11 is 0. The summed E-state index contributed by atoms with van der Waals surface area (Å²) in [4.78, 5) is 23.3. The molecule has 0 unspecified atom stereocenters. The SMILES string of the molecule is CC(=O)Cc1[nH]c2ccccc2c1-c1ncccn1. The van der Waals surface area contributed by atoms with Crippen LogP contribution in [0.4, 0.5) is 0 Å². The van der Waals surface area contributed by atoms with E-state index in [0.717, 1.165) is 22.2 Å². The Labute approximate surface area is 110 Å². The van der Waals surface area contributed by atoms with Crippen molar-refractivity contribution in [3.63, 3.8) is 0 Å². The Morgan fingerprint density at radius 3 is 2.63 bits per heavy atom. The fourth-order valence-corrected chi connectivity index (χ4v) is 2.26. The van der Waals surface area contributed by atoms with Crippen LogP contribution in [0.5, 0.6) is 0 Å². The lowest BCUT2D eigenvalue weighted by atomic mass is 10.1. The summed E-state index contributed by atoms with van der Waals surface area (Å²) in [7, 11) is 0. The Hall–Kier alpha value is -2.49. The molecule has 3 rings (SSSR count). The maximum atomic E-state index is 11.4. The number of benzene rings is 1. The molecule has 19 heavy (non-hydrogen) atoms. The third-order valence-electron chi connectivity index (χ3n) is 3.00. The Kier molecular flexibility index (Phi) is 2.83. The monoisotopic (exact) mass is 251 g/mol. The normalized spacial score (nSPS) is 10.8. The summed E-state index contributed by atoms with van der Waals surface area (Å²) in [5, 5.41) is 1.05. The second-order valence-corrected chi connectivity index (χ2v) is 4.48. The van der Waals surface area contributed by atoms with E-state index in [2.05, 4.69) is 15.0 Å². The van der Waals surface area contributed by atoms with Gasteiger partial charge in [-0.15, -0.1) is 0 Å². The van der Waals surface area contributed by atoms with E-state index in [1.54, 1.807) is 25.4 Å². The van der Waals surface area contributed by atoms with Crippen molar-refractivity contribution in [2.45, 2.75) is 13.3 Å². The molecule has 3 aromatic rings. The molecule has 4 nitrogen and oxygen atoms in total. The summed E-state index contributed by atoms with van der Waals surface area (Å²) in [6.07, 6.45) is 3.78. The lowest BCUT2D eigenvalue weighted by Crippen LogP contribution is -1.99. The van der Waals surface area contributed by atoms with E-state index in [0.29, 0.717) is 12.2 Å². The molecule has 0 amide bonds. The van der Waals surface area contributed by atoms with Gasteiger partial charge in [0.25, 0.3) is 0 Å². The number of carbonyl (C=O) groups excluding carboxylic acids is 1. The maximum absolute atomic E-state index is 11.4. The van der Waals surface area contributed by atoms with Crippen molar-refractivity contribution in [3.05, 3.63) is 48.4 Å². The van der Waals surface area contributed by atoms with Crippen LogP contribution in [0.2, 0.25) is 0 Å². The van der Waals surface area contributed by atoms with E-state index >= 15 is 0 Å². The first-order chi connectivity index (χ1) is 9.25. The van der Waals surface area contributed by atoms with Gasteiger partial charge >= 0.3 is 0 Å². The number of hydrogen-bond donors (Lipinski definition) is 1. The first kappa shape index (κ1) is 11.6. The highest BCUT2D eigenvalue weighted by Crippen LogP contribution is 2.30. The van der Waals surface area contributed by atoms with Crippen LogP contribution in [-0.2, 0) is 11.2 Å². The van der Waals surface area contributed by atoms with Crippen LogP contribution in [0.15, 0.2) is 42.7 Å². The van der Waals surface area contributed by atoms with Crippen LogP contribution in [-0.4, -0.2) is 20.7 Å². The molecule has 94 valence electrons. The first-order valence-electron chi connectivity index (χ1n) is 6.12. The van der Waals surface area contributed by atoms with Gasteiger partial charge in [-0.05, 0) is 19.1 Å². The lowest BCUT2D eigenvalue weighted by molar-refractivity contribution is -0.116. The number of hydrogen-bond acceptors (Lipinski definition) is 3. The molecule has 2 heterocycles. The number of para-hydroxylation sites is 1. The molecule has 0 fully saturated rings. The summed E-state index contributed by atoms with van der Waals surface area (Å²) < 4.78 is 0. The van der Waals surface area contributed by atoms with Crippen molar-refractivity contribution < 1.29 is 4.79 Å². The average molecular weight is 251 g/mol. The average Bonchev–Trinajstić information content (AvgIpc) is 2.76. The number of fused-ring (bicyclic) bond motifs is 1. The van der Waals surface area contributed by atoms with Gasteiger partial charge < -0.3 is 4.98 Å². The van der Waals surface area contributed by atoms with Crippen molar-refractivity contribution in [3.8, 4) is 11.4 Å². The summed E-state index contributed by atoms with van der Waals surface area (Å²) in [6, 6.07) is 9.72. The second-order valence-electron chi connectivity index (χ2n) is 4.48. The third-order valence-corrected chi connectivity index (χ3v) is 3.00. The minimum Gasteiger partial charge on any atom is -0.357 e. The quantitative estimate of drug-likeness (QED) is 0.778. The van der Waals surface area contributed by atoms with Gasteiger partial charge in [-0.1, -0.05) is 18.2 Å². The second kappa shape index (κ2) is 4.65. The summed E-state index contributed by atoms with van der Waals surface area (Å²) in [5.41, 5.74) is 2.80. The van der Waals surface area contributed by atoms with E-state index in [9.17, 15) is 4.79 Å². The third kappa shape index (κ3) is 2.12. The molecule has 0 aliphatic rings. The van der Waals surface area contributed by atoms with Gasteiger partial charge in [0.1, 0.15) is 5.78 Å². The van der Waals surface area contributed by atoms with Gasteiger partial charge in [0.2, 0.25) is 0 Å². The Bertz CT molecular complexity index is 731. The van der Waals surface area contributed by atoms with Crippen molar-refractivity contribution in [1.29, 1.82) is 0 Å². The Balaban J connectivity index is 2.27. The topological polar surface area (TPSA) is 58.6 Å². The van der Waals surface area contributed by atoms with Gasteiger partial charge in [-0.25, -0.2) is 9.97 Å². The molecule has 0 saturated carbocycles. The number of nitrogens with one attached hydrogen (secondary N) is 1. The number of carbonyl (C=O) groups is 1. The van der Waals surface area contributed by atoms with E-state index < -0.39 is 0 Å². The van der Waals surface area contributed by atoms with Crippen molar-refractivity contribution in [2.75, 3.05) is 0 Å². The van der Waals surface area contributed by atoms with Crippen molar-refractivity contribution in [1.82, 2.24) is 15.0 Å². The largest absolute Gasteiger partial charge is 0.357 e. The molecule has 1 N–H and O–H groups in total. The molecule has 0 spiro atoms. The smallest absolute Gasteiger partial charge is 0.161 e. The molecule has 0 saturated heterocycles. The molecular formula is C15H13N3O. The first-order valence-corrected chi connectivity index (χ1v) is 6.12. The number of aromatic amines is 1. The van der Waals surface area contributed by atoms with Gasteiger partial charge in [-0.3, -0.25) is 4.79 Å². The zero-order valence-electron chi connectivity index (χ0n) is 10.6. The van der Waals surface area contributed by atoms with E-state index in [4.69, 9.17) is 0 Å². The van der Waals surface area contributed by atoms with Crippen LogP contribution >= 0.6 is 0 Å². The molecule has 0 aliphatic carbocycles. The fraction of sp³-hybridized carbons (Fsp3) is 0.133. The van der Waals surface area contributed by atoms with Crippen LogP contribution in [0.1, 0.15) is 12.6 Å². The van der Waals surface area contributed by atoms with E-state index in [-0.39, 0.29) is 5.78 Å². The zero-order valence-corrected chi connectivity index (χ0v) is 10.6. The van der Waals surface area contributed by atoms with Gasteiger partial charge in [0, 0.05) is 41.0 Å². The molecular weight excluding hydrogens is 238 g/mol. The molecule has 2 aromatic heterocycles. The van der Waals surface area contributed by atoms with E-state index in [1.165, 1.54) is 0 Å². The number of ketones is 1. The number of H-pyrrole nitrogens is 1. The Morgan fingerprint density at radius 2 is 1.89 bits per heavy atom. The van der Waals surface area contributed by atoms with Crippen LogP contribution < -0.4 is 0 Å². The number of nitrogens with zero attached hydrogens (tertiary/aromatic N) is 2. The molecule has 0 radical (unpaired) electrons.